The van der Waals surface area contributed by atoms with Crippen molar-refractivity contribution in [3.63, 3.8) is 0 Å². The fourth-order valence-corrected chi connectivity index (χ4v) is 4.98. The molecule has 56 heavy (non-hydrogen) atoms. The quantitative estimate of drug-likeness (QED) is 0.0162. The summed E-state index contributed by atoms with van der Waals surface area (Å²) in [5.41, 5.74) is 0. The lowest BCUT2D eigenvalue weighted by atomic mass is 10.2. The van der Waals surface area contributed by atoms with Gasteiger partial charge < -0.3 is 29.5 Å². The predicted octanol–water partition coefficient (Wildman–Crippen LogP) is 10.1. The lowest BCUT2D eigenvalue weighted by molar-refractivity contribution is -0.161. The van der Waals surface area contributed by atoms with Crippen LogP contribution < -0.4 is 0 Å². The van der Waals surface area contributed by atoms with Gasteiger partial charge in [0.1, 0.15) is 6.61 Å². The number of aliphatic hydroxyl groups is 2. The molecule has 10 nitrogen and oxygen atoms in total. The number of hydrogen-bond donors (Lipinski definition) is 4. The van der Waals surface area contributed by atoms with E-state index in [1.165, 1.54) is 19.3 Å². The number of unbranched alkanes of at least 4 members (excludes halogenated alkanes) is 4. The third-order valence-electron chi connectivity index (χ3n) is 7.64. The molecular formula is C45H69O10P. The van der Waals surface area contributed by atoms with E-state index in [0.29, 0.717) is 38.5 Å². The number of phosphoric ester groups is 1. The lowest BCUT2D eigenvalue weighted by Crippen LogP contribution is -2.29. The molecule has 0 spiro atoms. The first-order valence-electron chi connectivity index (χ1n) is 20.0. The van der Waals surface area contributed by atoms with E-state index in [9.17, 15) is 24.4 Å². The molecule has 0 aromatic rings. The van der Waals surface area contributed by atoms with Gasteiger partial charge in [-0.3, -0.25) is 14.1 Å². The van der Waals surface area contributed by atoms with E-state index in [1.807, 2.05) is 49.5 Å². The van der Waals surface area contributed by atoms with Crippen molar-refractivity contribution in [1.82, 2.24) is 0 Å². The van der Waals surface area contributed by atoms with Crippen LogP contribution in [0.3, 0.4) is 0 Å². The summed E-state index contributed by atoms with van der Waals surface area (Å²) in [5.74, 6) is -1.13. The maximum absolute atomic E-state index is 12.4. The minimum absolute atomic E-state index is 0.0106. The smallest absolute Gasteiger partial charge is 0.462 e. The second-order valence-electron chi connectivity index (χ2n) is 12.9. The summed E-state index contributed by atoms with van der Waals surface area (Å²) in [6.07, 6.45) is 48.5. The van der Waals surface area contributed by atoms with Crippen molar-refractivity contribution in [2.24, 2.45) is 0 Å². The first-order chi connectivity index (χ1) is 27.1. The summed E-state index contributed by atoms with van der Waals surface area (Å²) in [6.45, 7) is 3.25. The second kappa shape index (κ2) is 38.3. The molecule has 0 bridgehead atoms. The number of carbonyl (C=O) groups excluding carboxylic acids is 2. The Morgan fingerprint density at radius 2 is 1.07 bits per heavy atom. The Bertz CT molecular complexity index is 1350. The predicted molar refractivity (Wildman–Crippen MR) is 227 cm³/mol. The van der Waals surface area contributed by atoms with Crippen LogP contribution in [0.25, 0.3) is 0 Å². The zero-order chi connectivity index (χ0) is 41.4. The molecular weight excluding hydrogens is 731 g/mol. The largest absolute Gasteiger partial charge is 0.469 e. The molecule has 314 valence electrons. The van der Waals surface area contributed by atoms with E-state index in [-0.39, 0.29) is 19.4 Å². The van der Waals surface area contributed by atoms with Gasteiger partial charge in [0.2, 0.25) is 0 Å². The van der Waals surface area contributed by atoms with Crippen LogP contribution in [0.4, 0.5) is 0 Å². The number of aliphatic hydroxyl groups excluding tert-OH is 2. The summed E-state index contributed by atoms with van der Waals surface area (Å²) in [6, 6.07) is 0. The van der Waals surface area contributed by atoms with Gasteiger partial charge in [-0.15, -0.1) is 0 Å². The van der Waals surface area contributed by atoms with E-state index < -0.39 is 44.7 Å². The van der Waals surface area contributed by atoms with E-state index in [1.54, 1.807) is 42.5 Å². The van der Waals surface area contributed by atoms with Crippen molar-refractivity contribution in [3.05, 3.63) is 122 Å². The van der Waals surface area contributed by atoms with E-state index in [2.05, 4.69) is 47.9 Å². The highest BCUT2D eigenvalue weighted by Crippen LogP contribution is 2.35. The lowest BCUT2D eigenvalue weighted by Gasteiger charge is -2.18. The minimum atomic E-state index is -4.82. The maximum Gasteiger partial charge on any atom is 0.469 e. The molecule has 0 aromatic heterocycles. The highest BCUT2D eigenvalue weighted by molar-refractivity contribution is 7.46. The highest BCUT2D eigenvalue weighted by Gasteiger charge is 2.22. The standard InChI is InChI=1S/C45H69O10P/c1-3-5-7-8-9-10-11-12-13-14-15-16-17-18-19-23-31-37-44(48)53-39-43(40-54-56(50,51)52)55-45(49)38-32-24-21-20-22-28-34-42(47)36-30-26-25-29-35-41(46)33-27-6-4-2/h6,9-10,12-13,15-16,18-19,21-22,24-30,35-36,41-43,46-47H,3-5,7-8,11,14,17,20,23,31-34,37-40H2,1-2H3,(H2,50,51,52)/b10-9-,13-12-,16-15-,19-18-,24-21-,26-25-,27-6-,28-22-,35-29+,36-30+/t41-,42+,43+/m0/s1. The summed E-state index contributed by atoms with van der Waals surface area (Å²) in [7, 11) is -4.82. The molecule has 0 saturated carbocycles. The Balaban J connectivity index is 4.32. The Kier molecular flexibility index (Phi) is 35.8. The molecule has 0 saturated heterocycles. The first-order valence-corrected chi connectivity index (χ1v) is 21.6. The Morgan fingerprint density at radius 3 is 1.61 bits per heavy atom. The molecule has 3 atom stereocenters. The van der Waals surface area contributed by atoms with Gasteiger partial charge in [0.25, 0.3) is 0 Å². The van der Waals surface area contributed by atoms with Crippen LogP contribution in [0.1, 0.15) is 117 Å². The van der Waals surface area contributed by atoms with Crippen LogP contribution in [-0.4, -0.2) is 63.5 Å². The fourth-order valence-electron chi connectivity index (χ4n) is 4.62. The van der Waals surface area contributed by atoms with Crippen molar-refractivity contribution in [3.8, 4) is 0 Å². The third-order valence-corrected chi connectivity index (χ3v) is 8.13. The molecule has 4 N–H and O–H groups in total. The van der Waals surface area contributed by atoms with Crippen LogP contribution in [0.15, 0.2) is 122 Å². The molecule has 0 aliphatic carbocycles. The molecule has 0 fully saturated rings. The molecule has 0 aliphatic heterocycles. The third kappa shape index (κ3) is 40.0. The minimum Gasteiger partial charge on any atom is -0.462 e. The van der Waals surface area contributed by atoms with Crippen LogP contribution in [-0.2, 0) is 28.2 Å². The molecule has 11 heteroatoms. The van der Waals surface area contributed by atoms with Crippen molar-refractivity contribution < 1.29 is 48.2 Å². The molecule has 0 aliphatic rings. The molecule has 0 heterocycles. The van der Waals surface area contributed by atoms with Gasteiger partial charge in [-0.25, -0.2) is 4.57 Å². The Labute approximate surface area is 336 Å². The zero-order valence-corrected chi connectivity index (χ0v) is 34.6. The Morgan fingerprint density at radius 1 is 0.571 bits per heavy atom. The number of phosphoric acid groups is 1. The van der Waals surface area contributed by atoms with Crippen LogP contribution in [0, 0.1) is 0 Å². The molecule has 0 radical (unpaired) electrons. The zero-order valence-electron chi connectivity index (χ0n) is 33.7. The van der Waals surface area contributed by atoms with Crippen molar-refractivity contribution in [2.75, 3.05) is 13.2 Å². The van der Waals surface area contributed by atoms with Crippen molar-refractivity contribution in [1.29, 1.82) is 0 Å². The van der Waals surface area contributed by atoms with Gasteiger partial charge >= 0.3 is 19.8 Å². The fraction of sp³-hybridized carbons (Fsp3) is 0.511. The second-order valence-corrected chi connectivity index (χ2v) is 14.2. The van der Waals surface area contributed by atoms with Gasteiger partial charge in [-0.1, -0.05) is 148 Å². The first kappa shape index (κ1) is 52.4. The van der Waals surface area contributed by atoms with E-state index in [4.69, 9.17) is 19.3 Å². The Hall–Kier alpha value is -3.63. The number of esters is 2. The summed E-state index contributed by atoms with van der Waals surface area (Å²) in [5, 5.41) is 19.9. The highest BCUT2D eigenvalue weighted by atomic mass is 31.2. The van der Waals surface area contributed by atoms with Gasteiger partial charge in [0, 0.05) is 12.8 Å². The molecule has 0 rings (SSSR count). The number of allylic oxidation sites excluding steroid dienone is 16. The molecule has 0 aromatic carbocycles. The average Bonchev–Trinajstić information content (AvgIpc) is 3.16. The summed E-state index contributed by atoms with van der Waals surface area (Å²) >= 11 is 0. The molecule has 0 unspecified atom stereocenters. The molecule has 0 amide bonds. The maximum atomic E-state index is 12.4. The number of carbonyl (C=O) groups is 2. The average molecular weight is 801 g/mol. The number of rotatable bonds is 34. The van der Waals surface area contributed by atoms with Gasteiger partial charge in [0.15, 0.2) is 6.10 Å². The number of hydrogen-bond acceptors (Lipinski definition) is 8. The van der Waals surface area contributed by atoms with Gasteiger partial charge in [-0.05, 0) is 77.0 Å². The topological polar surface area (TPSA) is 160 Å². The van der Waals surface area contributed by atoms with Crippen LogP contribution in [0.5, 0.6) is 0 Å². The summed E-state index contributed by atoms with van der Waals surface area (Å²) in [4.78, 5) is 42.7. The SMILES string of the molecule is CC/C=C\C[C@H](O)/C=C/C=C\C=C\[C@H](O)C/C=C\C/C=C\CCC(=O)O[C@H](COC(=O)CCC/C=C\C/C=C\C/C=C\C/C=C\CCCCC)COP(=O)(O)O. The van der Waals surface area contributed by atoms with Gasteiger partial charge in [0.05, 0.1) is 18.8 Å². The number of ether oxygens (including phenoxy) is 2. The van der Waals surface area contributed by atoms with Crippen LogP contribution in [0.2, 0.25) is 0 Å². The van der Waals surface area contributed by atoms with Crippen molar-refractivity contribution in [2.45, 2.75) is 135 Å². The monoisotopic (exact) mass is 800 g/mol. The van der Waals surface area contributed by atoms with E-state index in [0.717, 1.165) is 32.1 Å². The van der Waals surface area contributed by atoms with Crippen molar-refractivity contribution >= 4 is 19.8 Å². The van der Waals surface area contributed by atoms with Gasteiger partial charge in [-0.2, -0.15) is 0 Å². The normalized spacial score (nSPS) is 14.9. The van der Waals surface area contributed by atoms with Crippen LogP contribution >= 0.6 is 7.82 Å². The summed E-state index contributed by atoms with van der Waals surface area (Å²) < 4.78 is 26.2. The van der Waals surface area contributed by atoms with E-state index >= 15 is 0 Å².